The first-order valence-electron chi connectivity index (χ1n) is 6.61. The Kier molecular flexibility index (Phi) is 6.48. The van der Waals surface area contributed by atoms with E-state index in [-0.39, 0.29) is 0 Å². The molecule has 108 valence electrons. The summed E-state index contributed by atoms with van der Waals surface area (Å²) in [5, 5.41) is 3.36. The molecule has 0 saturated carbocycles. The van der Waals surface area contributed by atoms with Crippen LogP contribution in [0.15, 0.2) is 29.2 Å². The van der Waals surface area contributed by atoms with Gasteiger partial charge in [-0.25, -0.2) is 8.42 Å². The molecule has 1 aromatic rings. The zero-order valence-electron chi connectivity index (χ0n) is 12.0. The van der Waals surface area contributed by atoms with Gasteiger partial charge in [-0.05, 0) is 37.7 Å². The van der Waals surface area contributed by atoms with E-state index in [1.54, 1.807) is 12.1 Å². The van der Waals surface area contributed by atoms with Gasteiger partial charge in [0.05, 0.1) is 4.90 Å². The van der Waals surface area contributed by atoms with Crippen molar-refractivity contribution < 1.29 is 8.42 Å². The fourth-order valence-electron chi connectivity index (χ4n) is 1.80. The standard InChI is InChI=1S/C14H24N2O2S/c1-4-9-15-10-11-16(2)12-13-5-7-14(8-6-13)19(3,17)18/h5-8,15H,4,9-12H2,1-3H3. The number of sulfone groups is 1. The van der Waals surface area contributed by atoms with E-state index in [1.807, 2.05) is 12.1 Å². The first kappa shape index (κ1) is 16.1. The molecule has 4 nitrogen and oxygen atoms in total. The van der Waals surface area contributed by atoms with E-state index in [4.69, 9.17) is 0 Å². The lowest BCUT2D eigenvalue weighted by atomic mass is 10.2. The van der Waals surface area contributed by atoms with Gasteiger partial charge < -0.3 is 10.2 Å². The number of rotatable bonds is 8. The average molecular weight is 284 g/mol. The Balaban J connectivity index is 2.45. The van der Waals surface area contributed by atoms with E-state index < -0.39 is 9.84 Å². The smallest absolute Gasteiger partial charge is 0.175 e. The molecule has 19 heavy (non-hydrogen) atoms. The molecule has 0 aliphatic rings. The summed E-state index contributed by atoms with van der Waals surface area (Å²) >= 11 is 0. The highest BCUT2D eigenvalue weighted by Gasteiger charge is 2.06. The van der Waals surface area contributed by atoms with Crippen molar-refractivity contribution in [1.29, 1.82) is 0 Å². The molecule has 0 atom stereocenters. The van der Waals surface area contributed by atoms with Crippen LogP contribution in [0.1, 0.15) is 18.9 Å². The molecule has 0 aliphatic heterocycles. The lowest BCUT2D eigenvalue weighted by Gasteiger charge is -2.17. The summed E-state index contributed by atoms with van der Waals surface area (Å²) in [7, 11) is -1.02. The molecular weight excluding hydrogens is 260 g/mol. The van der Waals surface area contributed by atoms with Gasteiger partial charge >= 0.3 is 0 Å². The molecule has 0 unspecified atom stereocenters. The summed E-state index contributed by atoms with van der Waals surface area (Å²) in [5.41, 5.74) is 1.13. The highest BCUT2D eigenvalue weighted by Crippen LogP contribution is 2.11. The molecule has 0 radical (unpaired) electrons. The van der Waals surface area contributed by atoms with E-state index in [2.05, 4.69) is 24.2 Å². The SMILES string of the molecule is CCCNCCN(C)Cc1ccc(S(C)(=O)=O)cc1. The van der Waals surface area contributed by atoms with Crippen molar-refractivity contribution in [3.8, 4) is 0 Å². The third-order valence-corrected chi connectivity index (χ3v) is 4.03. The van der Waals surface area contributed by atoms with Gasteiger partial charge in [0, 0.05) is 25.9 Å². The monoisotopic (exact) mass is 284 g/mol. The summed E-state index contributed by atoms with van der Waals surface area (Å²) in [6.45, 7) is 5.99. The van der Waals surface area contributed by atoms with Gasteiger partial charge in [-0.15, -0.1) is 0 Å². The van der Waals surface area contributed by atoms with Crippen molar-refractivity contribution >= 4 is 9.84 Å². The van der Waals surface area contributed by atoms with E-state index in [9.17, 15) is 8.42 Å². The van der Waals surface area contributed by atoms with Crippen molar-refractivity contribution in [2.75, 3.05) is 32.9 Å². The van der Waals surface area contributed by atoms with Crippen LogP contribution in [-0.2, 0) is 16.4 Å². The summed E-state index contributed by atoms with van der Waals surface area (Å²) in [4.78, 5) is 2.60. The first-order chi connectivity index (χ1) is 8.93. The van der Waals surface area contributed by atoms with Crippen molar-refractivity contribution in [3.63, 3.8) is 0 Å². The third-order valence-electron chi connectivity index (χ3n) is 2.90. The third kappa shape index (κ3) is 6.18. The molecule has 0 aliphatic carbocycles. The van der Waals surface area contributed by atoms with Gasteiger partial charge in [-0.2, -0.15) is 0 Å². The molecule has 0 heterocycles. The van der Waals surface area contributed by atoms with Crippen LogP contribution in [-0.4, -0.2) is 46.3 Å². The molecule has 0 spiro atoms. The largest absolute Gasteiger partial charge is 0.315 e. The second-order valence-electron chi connectivity index (χ2n) is 4.90. The van der Waals surface area contributed by atoms with Crippen molar-refractivity contribution in [2.45, 2.75) is 24.8 Å². The van der Waals surface area contributed by atoms with Crippen molar-refractivity contribution in [3.05, 3.63) is 29.8 Å². The van der Waals surface area contributed by atoms with Crippen molar-refractivity contribution in [2.24, 2.45) is 0 Å². The maximum atomic E-state index is 11.4. The number of hydrogen-bond acceptors (Lipinski definition) is 4. The molecule has 1 aromatic carbocycles. The van der Waals surface area contributed by atoms with E-state index in [0.717, 1.165) is 38.2 Å². The Morgan fingerprint density at radius 2 is 1.79 bits per heavy atom. The molecular formula is C14H24N2O2S. The minimum absolute atomic E-state index is 0.378. The van der Waals surface area contributed by atoms with Gasteiger partial charge in [0.15, 0.2) is 9.84 Å². The molecule has 0 aromatic heterocycles. The zero-order valence-corrected chi connectivity index (χ0v) is 12.8. The first-order valence-corrected chi connectivity index (χ1v) is 8.51. The van der Waals surface area contributed by atoms with Crippen LogP contribution in [0, 0.1) is 0 Å². The van der Waals surface area contributed by atoms with Crippen LogP contribution in [0.3, 0.4) is 0 Å². The van der Waals surface area contributed by atoms with E-state index in [0.29, 0.717) is 4.90 Å². The molecule has 1 N–H and O–H groups in total. The van der Waals surface area contributed by atoms with Gasteiger partial charge in [-0.1, -0.05) is 19.1 Å². The second kappa shape index (κ2) is 7.62. The lowest BCUT2D eigenvalue weighted by molar-refractivity contribution is 0.324. The zero-order chi connectivity index (χ0) is 14.3. The maximum absolute atomic E-state index is 11.4. The fraction of sp³-hybridized carbons (Fsp3) is 0.571. The van der Waals surface area contributed by atoms with Crippen LogP contribution in [0.2, 0.25) is 0 Å². The molecule has 0 amide bonds. The second-order valence-corrected chi connectivity index (χ2v) is 6.92. The quantitative estimate of drug-likeness (QED) is 0.735. The van der Waals surface area contributed by atoms with Crippen LogP contribution in [0.4, 0.5) is 0 Å². The van der Waals surface area contributed by atoms with Gasteiger partial charge in [0.2, 0.25) is 0 Å². The van der Waals surface area contributed by atoms with Crippen LogP contribution in [0.5, 0.6) is 0 Å². The molecule has 0 bridgehead atoms. The number of benzene rings is 1. The van der Waals surface area contributed by atoms with Crippen LogP contribution in [0.25, 0.3) is 0 Å². The Labute approximate surface area is 116 Å². The van der Waals surface area contributed by atoms with Crippen LogP contribution < -0.4 is 5.32 Å². The summed E-state index contributed by atoms with van der Waals surface area (Å²) in [6, 6.07) is 7.11. The average Bonchev–Trinajstić information content (AvgIpc) is 2.34. The number of likely N-dealkylation sites (N-methyl/N-ethyl adjacent to an activating group) is 1. The normalized spacial score (nSPS) is 12.0. The van der Waals surface area contributed by atoms with E-state index >= 15 is 0 Å². The summed E-state index contributed by atoms with van der Waals surface area (Å²) < 4.78 is 22.7. The van der Waals surface area contributed by atoms with Gasteiger partial charge in [-0.3, -0.25) is 0 Å². The minimum atomic E-state index is -3.09. The summed E-state index contributed by atoms with van der Waals surface area (Å²) in [5.74, 6) is 0. The predicted octanol–water partition coefficient (Wildman–Crippen LogP) is 1.52. The number of nitrogens with one attached hydrogen (secondary N) is 1. The Hall–Kier alpha value is -0.910. The molecule has 0 saturated heterocycles. The number of hydrogen-bond donors (Lipinski definition) is 1. The van der Waals surface area contributed by atoms with Crippen molar-refractivity contribution in [1.82, 2.24) is 10.2 Å². The van der Waals surface area contributed by atoms with Gasteiger partial charge in [0.25, 0.3) is 0 Å². The van der Waals surface area contributed by atoms with E-state index in [1.165, 1.54) is 6.26 Å². The maximum Gasteiger partial charge on any atom is 0.175 e. The van der Waals surface area contributed by atoms with Crippen LogP contribution >= 0.6 is 0 Å². The Morgan fingerprint density at radius 1 is 1.16 bits per heavy atom. The highest BCUT2D eigenvalue weighted by atomic mass is 32.2. The molecule has 0 fully saturated rings. The predicted molar refractivity (Wildman–Crippen MR) is 79.0 cm³/mol. The Bertz CT molecular complexity index is 469. The number of nitrogens with zero attached hydrogens (tertiary/aromatic N) is 1. The molecule has 1 rings (SSSR count). The lowest BCUT2D eigenvalue weighted by Crippen LogP contribution is -2.29. The minimum Gasteiger partial charge on any atom is -0.315 e. The fourth-order valence-corrected chi connectivity index (χ4v) is 2.43. The topological polar surface area (TPSA) is 49.4 Å². The Morgan fingerprint density at radius 3 is 2.32 bits per heavy atom. The highest BCUT2D eigenvalue weighted by molar-refractivity contribution is 7.90. The summed E-state index contributed by atoms with van der Waals surface area (Å²) in [6.07, 6.45) is 2.38. The molecule has 5 heteroatoms. The van der Waals surface area contributed by atoms with Gasteiger partial charge in [0.1, 0.15) is 0 Å².